The minimum absolute atomic E-state index is 0.172. The highest BCUT2D eigenvalue weighted by Crippen LogP contribution is 2.26. The van der Waals surface area contributed by atoms with Crippen molar-refractivity contribution in [1.29, 1.82) is 0 Å². The Morgan fingerprint density at radius 3 is 2.50 bits per heavy atom. The number of nitrogens with one attached hydrogen (secondary N) is 1. The molecule has 2 N–H and O–H groups in total. The fourth-order valence-corrected chi connectivity index (χ4v) is 5.21. The third kappa shape index (κ3) is 6.27. The number of hydrogen-bond donors (Lipinski definition) is 2. The fourth-order valence-electron chi connectivity index (χ4n) is 5.08. The van der Waals surface area contributed by atoms with Crippen molar-refractivity contribution >= 4 is 23.2 Å². The van der Waals surface area contributed by atoms with E-state index in [-0.39, 0.29) is 17.6 Å². The number of aliphatic hydroxyl groups is 1. The second-order valence-electron chi connectivity index (χ2n) is 9.85. The van der Waals surface area contributed by atoms with Crippen LogP contribution in [0.5, 0.6) is 0 Å². The number of rotatable bonds is 8. The number of halogens is 1. The van der Waals surface area contributed by atoms with Crippen molar-refractivity contribution in [3.63, 3.8) is 0 Å². The Morgan fingerprint density at radius 1 is 1.03 bits per heavy atom. The lowest BCUT2D eigenvalue weighted by molar-refractivity contribution is 0.0926. The Morgan fingerprint density at radius 2 is 1.75 bits per heavy atom. The molecule has 7 nitrogen and oxygen atoms in total. The van der Waals surface area contributed by atoms with E-state index in [9.17, 15) is 9.90 Å². The van der Waals surface area contributed by atoms with Crippen LogP contribution in [0.1, 0.15) is 53.1 Å². The van der Waals surface area contributed by atoms with E-state index in [1.165, 1.54) is 37.9 Å². The SMILES string of the molecule is O=C(NC1CC(O)N(c2ccc(CN3CCCCC3)cc2)C1)c1cc(CCc2ccc(Cl)cc2)on1. The molecule has 5 rings (SSSR count). The Hall–Kier alpha value is -2.87. The average molecular weight is 509 g/mol. The summed E-state index contributed by atoms with van der Waals surface area (Å²) in [6, 6.07) is 17.6. The zero-order chi connectivity index (χ0) is 24.9. The van der Waals surface area contributed by atoms with Gasteiger partial charge in [-0.2, -0.15) is 0 Å². The molecule has 1 aromatic heterocycles. The molecule has 0 aliphatic carbocycles. The van der Waals surface area contributed by atoms with E-state index in [1.54, 1.807) is 6.07 Å². The van der Waals surface area contributed by atoms with E-state index in [1.807, 2.05) is 29.2 Å². The van der Waals surface area contributed by atoms with E-state index in [4.69, 9.17) is 16.1 Å². The molecule has 2 unspecified atom stereocenters. The van der Waals surface area contributed by atoms with Crippen LogP contribution < -0.4 is 10.2 Å². The van der Waals surface area contributed by atoms with Crippen molar-refractivity contribution < 1.29 is 14.4 Å². The van der Waals surface area contributed by atoms with Crippen LogP contribution in [-0.2, 0) is 19.4 Å². The lowest BCUT2D eigenvalue weighted by Crippen LogP contribution is -2.37. The number of carbonyl (C=O) groups is 1. The van der Waals surface area contributed by atoms with Crippen molar-refractivity contribution in [2.24, 2.45) is 0 Å². The summed E-state index contributed by atoms with van der Waals surface area (Å²) in [4.78, 5) is 17.2. The number of nitrogens with zero attached hydrogens (tertiary/aromatic N) is 3. The molecular weight excluding hydrogens is 476 g/mol. The van der Waals surface area contributed by atoms with Gasteiger partial charge in [0, 0.05) is 42.7 Å². The van der Waals surface area contributed by atoms with Gasteiger partial charge in [-0.25, -0.2) is 0 Å². The molecule has 2 aliphatic rings. The van der Waals surface area contributed by atoms with Crippen LogP contribution in [0, 0.1) is 0 Å². The van der Waals surface area contributed by atoms with Gasteiger partial charge in [0.05, 0.1) is 6.04 Å². The molecule has 2 fully saturated rings. The molecule has 3 heterocycles. The molecule has 0 bridgehead atoms. The largest absolute Gasteiger partial charge is 0.374 e. The molecule has 2 saturated heterocycles. The predicted molar refractivity (Wildman–Crippen MR) is 140 cm³/mol. The smallest absolute Gasteiger partial charge is 0.273 e. The summed E-state index contributed by atoms with van der Waals surface area (Å²) in [5.41, 5.74) is 3.65. The fraction of sp³-hybridized carbons (Fsp3) is 0.429. The molecule has 2 aromatic carbocycles. The van der Waals surface area contributed by atoms with Crippen LogP contribution in [0.25, 0.3) is 0 Å². The number of amides is 1. The van der Waals surface area contributed by atoms with E-state index in [0.717, 1.165) is 24.2 Å². The monoisotopic (exact) mass is 508 g/mol. The van der Waals surface area contributed by atoms with Crippen molar-refractivity contribution in [2.75, 3.05) is 24.5 Å². The molecule has 36 heavy (non-hydrogen) atoms. The summed E-state index contributed by atoms with van der Waals surface area (Å²) < 4.78 is 5.37. The van der Waals surface area contributed by atoms with Crippen LogP contribution in [0.3, 0.4) is 0 Å². The summed E-state index contributed by atoms with van der Waals surface area (Å²) in [6.07, 6.45) is 5.13. The normalized spacial score (nSPS) is 20.6. The molecule has 0 saturated carbocycles. The molecule has 8 heteroatoms. The first kappa shape index (κ1) is 24.8. The third-order valence-electron chi connectivity index (χ3n) is 7.10. The van der Waals surface area contributed by atoms with Gasteiger partial charge in [0.15, 0.2) is 5.69 Å². The van der Waals surface area contributed by atoms with Gasteiger partial charge in [0.25, 0.3) is 5.91 Å². The van der Waals surface area contributed by atoms with E-state index in [0.29, 0.717) is 30.2 Å². The summed E-state index contributed by atoms with van der Waals surface area (Å²) in [5.74, 6) is 0.375. The Labute approximate surface area is 217 Å². The van der Waals surface area contributed by atoms with E-state index >= 15 is 0 Å². The van der Waals surface area contributed by atoms with Crippen molar-refractivity contribution in [1.82, 2.24) is 15.4 Å². The van der Waals surface area contributed by atoms with E-state index < -0.39 is 6.23 Å². The highest BCUT2D eigenvalue weighted by atomic mass is 35.5. The minimum Gasteiger partial charge on any atom is -0.374 e. The first-order valence-corrected chi connectivity index (χ1v) is 13.2. The van der Waals surface area contributed by atoms with Gasteiger partial charge in [-0.3, -0.25) is 9.69 Å². The number of aryl methyl sites for hydroxylation is 2. The van der Waals surface area contributed by atoms with Gasteiger partial charge in [0.2, 0.25) is 0 Å². The van der Waals surface area contributed by atoms with Crippen LogP contribution >= 0.6 is 11.6 Å². The number of likely N-dealkylation sites (tertiary alicyclic amines) is 1. The highest BCUT2D eigenvalue weighted by molar-refractivity contribution is 6.30. The van der Waals surface area contributed by atoms with Crippen molar-refractivity contribution in [3.05, 3.63) is 82.2 Å². The Bertz CT molecular complexity index is 1140. The first-order valence-electron chi connectivity index (χ1n) is 12.8. The van der Waals surface area contributed by atoms with Crippen LogP contribution in [-0.4, -0.2) is 53.0 Å². The summed E-state index contributed by atoms with van der Waals surface area (Å²) >= 11 is 5.94. The number of aromatic nitrogens is 1. The summed E-state index contributed by atoms with van der Waals surface area (Å²) in [6.45, 7) is 3.85. The van der Waals surface area contributed by atoms with Crippen molar-refractivity contribution in [2.45, 2.75) is 57.3 Å². The highest BCUT2D eigenvalue weighted by Gasteiger charge is 2.32. The van der Waals surface area contributed by atoms with Gasteiger partial charge in [-0.05, 0) is 67.7 Å². The van der Waals surface area contributed by atoms with Gasteiger partial charge in [0.1, 0.15) is 12.0 Å². The number of aliphatic hydroxyl groups excluding tert-OH is 1. The quantitative estimate of drug-likeness (QED) is 0.468. The molecular formula is C28H33ClN4O3. The number of benzene rings is 2. The molecule has 2 atom stereocenters. The second kappa shape index (κ2) is 11.5. The van der Waals surface area contributed by atoms with Gasteiger partial charge >= 0.3 is 0 Å². The maximum absolute atomic E-state index is 12.8. The maximum atomic E-state index is 12.8. The van der Waals surface area contributed by atoms with E-state index in [2.05, 4.69) is 39.6 Å². The third-order valence-corrected chi connectivity index (χ3v) is 7.35. The van der Waals surface area contributed by atoms with Gasteiger partial charge in [-0.15, -0.1) is 0 Å². The zero-order valence-corrected chi connectivity index (χ0v) is 21.2. The Kier molecular flexibility index (Phi) is 7.90. The molecule has 1 amide bonds. The molecule has 190 valence electrons. The number of hydrogen-bond acceptors (Lipinski definition) is 6. The number of piperidine rings is 1. The predicted octanol–water partition coefficient (Wildman–Crippen LogP) is 4.43. The Balaban J connectivity index is 1.12. The van der Waals surface area contributed by atoms with Crippen molar-refractivity contribution in [3.8, 4) is 0 Å². The van der Waals surface area contributed by atoms with Crippen LogP contribution in [0.15, 0.2) is 59.1 Å². The molecule has 2 aliphatic heterocycles. The molecule has 3 aromatic rings. The standard InChI is InChI=1S/C28H33ClN4O3/c29-22-9-4-20(5-10-22)8-13-25-17-26(31-36-25)28(35)30-23-16-27(34)33(19-23)24-11-6-21(7-12-24)18-32-14-2-1-3-15-32/h4-7,9-12,17,23,27,34H,1-3,8,13-16,18-19H2,(H,30,35). The molecule has 0 spiro atoms. The second-order valence-corrected chi connectivity index (χ2v) is 10.3. The summed E-state index contributed by atoms with van der Waals surface area (Å²) in [5, 5.41) is 18.3. The zero-order valence-electron chi connectivity index (χ0n) is 20.4. The van der Waals surface area contributed by atoms with Gasteiger partial charge in [-0.1, -0.05) is 47.4 Å². The lowest BCUT2D eigenvalue weighted by atomic mass is 10.1. The summed E-state index contributed by atoms with van der Waals surface area (Å²) in [7, 11) is 0. The van der Waals surface area contributed by atoms with Crippen LogP contribution in [0.4, 0.5) is 5.69 Å². The first-order chi connectivity index (χ1) is 17.5. The molecule has 0 radical (unpaired) electrons. The maximum Gasteiger partial charge on any atom is 0.273 e. The van der Waals surface area contributed by atoms with Gasteiger partial charge < -0.3 is 19.8 Å². The lowest BCUT2D eigenvalue weighted by Gasteiger charge is -2.27. The number of anilines is 1. The average Bonchev–Trinajstić information content (AvgIpc) is 3.51. The minimum atomic E-state index is -0.643. The number of carbonyl (C=O) groups excluding carboxylic acids is 1. The van der Waals surface area contributed by atoms with Crippen LogP contribution in [0.2, 0.25) is 5.02 Å². The topological polar surface area (TPSA) is 81.8 Å².